The van der Waals surface area contributed by atoms with Crippen LogP contribution >= 0.6 is 0 Å². The van der Waals surface area contributed by atoms with Crippen molar-refractivity contribution in [2.75, 3.05) is 20.6 Å². The second-order valence-electron chi connectivity index (χ2n) is 5.91. The SMILES string of the molecule is CN(C)C(CNC(=O)C1CCC(N)C1)c1ccccc1. The largest absolute Gasteiger partial charge is 0.354 e. The van der Waals surface area contributed by atoms with Gasteiger partial charge in [0.05, 0.1) is 6.04 Å². The van der Waals surface area contributed by atoms with Gasteiger partial charge in [-0.1, -0.05) is 30.3 Å². The molecule has 0 heterocycles. The van der Waals surface area contributed by atoms with Gasteiger partial charge in [-0.05, 0) is 38.9 Å². The summed E-state index contributed by atoms with van der Waals surface area (Å²) in [4.78, 5) is 14.3. The van der Waals surface area contributed by atoms with Crippen LogP contribution in [-0.4, -0.2) is 37.5 Å². The van der Waals surface area contributed by atoms with Crippen LogP contribution in [0.25, 0.3) is 0 Å². The number of rotatable bonds is 5. The summed E-state index contributed by atoms with van der Waals surface area (Å²) >= 11 is 0. The third kappa shape index (κ3) is 3.81. The molecule has 1 aliphatic carbocycles. The van der Waals surface area contributed by atoms with Crippen molar-refractivity contribution < 1.29 is 4.79 Å². The number of nitrogens with two attached hydrogens (primary N) is 1. The molecule has 0 radical (unpaired) electrons. The van der Waals surface area contributed by atoms with Gasteiger partial charge in [0.25, 0.3) is 0 Å². The Labute approximate surface area is 121 Å². The molecule has 1 aromatic carbocycles. The zero-order valence-electron chi connectivity index (χ0n) is 12.4. The minimum atomic E-state index is 0.101. The molecule has 20 heavy (non-hydrogen) atoms. The number of hydrogen-bond acceptors (Lipinski definition) is 3. The van der Waals surface area contributed by atoms with Crippen molar-refractivity contribution in [1.82, 2.24) is 10.2 Å². The predicted molar refractivity (Wildman–Crippen MR) is 81.2 cm³/mol. The van der Waals surface area contributed by atoms with Crippen LogP contribution in [0.2, 0.25) is 0 Å². The van der Waals surface area contributed by atoms with Crippen LogP contribution in [-0.2, 0) is 4.79 Å². The highest BCUT2D eigenvalue weighted by Crippen LogP contribution is 2.24. The summed E-state index contributed by atoms with van der Waals surface area (Å²) in [6.45, 7) is 0.640. The van der Waals surface area contributed by atoms with Crippen molar-refractivity contribution in [3.05, 3.63) is 35.9 Å². The Hall–Kier alpha value is -1.39. The lowest BCUT2D eigenvalue weighted by Crippen LogP contribution is -2.37. The maximum Gasteiger partial charge on any atom is 0.223 e. The van der Waals surface area contributed by atoms with E-state index in [-0.39, 0.29) is 23.9 Å². The second-order valence-corrected chi connectivity index (χ2v) is 5.91. The summed E-state index contributed by atoms with van der Waals surface area (Å²) in [6, 6.07) is 10.7. The van der Waals surface area contributed by atoms with E-state index in [1.807, 2.05) is 32.3 Å². The van der Waals surface area contributed by atoms with Gasteiger partial charge in [0.2, 0.25) is 5.91 Å². The van der Waals surface area contributed by atoms with Gasteiger partial charge in [0, 0.05) is 18.5 Å². The van der Waals surface area contributed by atoms with Gasteiger partial charge in [-0.3, -0.25) is 4.79 Å². The lowest BCUT2D eigenvalue weighted by atomic mass is 10.0. The van der Waals surface area contributed by atoms with Gasteiger partial charge in [-0.25, -0.2) is 0 Å². The highest BCUT2D eigenvalue weighted by molar-refractivity contribution is 5.79. The van der Waals surface area contributed by atoms with Crippen LogP contribution in [0.4, 0.5) is 0 Å². The molecule has 1 fully saturated rings. The van der Waals surface area contributed by atoms with E-state index in [0.717, 1.165) is 19.3 Å². The van der Waals surface area contributed by atoms with Gasteiger partial charge in [0.15, 0.2) is 0 Å². The van der Waals surface area contributed by atoms with Gasteiger partial charge < -0.3 is 16.0 Å². The van der Waals surface area contributed by atoms with Gasteiger partial charge in [-0.15, -0.1) is 0 Å². The maximum atomic E-state index is 12.2. The van der Waals surface area contributed by atoms with E-state index in [2.05, 4.69) is 22.3 Å². The molecule has 2 rings (SSSR count). The van der Waals surface area contributed by atoms with Crippen molar-refractivity contribution >= 4 is 5.91 Å². The lowest BCUT2D eigenvalue weighted by molar-refractivity contribution is -0.125. The van der Waals surface area contributed by atoms with Crippen LogP contribution < -0.4 is 11.1 Å². The van der Waals surface area contributed by atoms with E-state index in [0.29, 0.717) is 6.54 Å². The molecule has 0 bridgehead atoms. The van der Waals surface area contributed by atoms with Crippen LogP contribution in [0.15, 0.2) is 30.3 Å². The number of likely N-dealkylation sites (N-methyl/N-ethyl adjacent to an activating group) is 1. The molecular weight excluding hydrogens is 250 g/mol. The summed E-state index contributed by atoms with van der Waals surface area (Å²) in [5.41, 5.74) is 7.09. The molecule has 3 N–H and O–H groups in total. The lowest BCUT2D eigenvalue weighted by Gasteiger charge is -2.25. The first-order valence-corrected chi connectivity index (χ1v) is 7.32. The fraction of sp³-hybridized carbons (Fsp3) is 0.562. The number of carbonyl (C=O) groups excluding carboxylic acids is 1. The highest BCUT2D eigenvalue weighted by atomic mass is 16.1. The van der Waals surface area contributed by atoms with E-state index in [4.69, 9.17) is 5.73 Å². The van der Waals surface area contributed by atoms with Crippen molar-refractivity contribution in [2.24, 2.45) is 11.7 Å². The van der Waals surface area contributed by atoms with Crippen molar-refractivity contribution in [3.8, 4) is 0 Å². The monoisotopic (exact) mass is 275 g/mol. The third-order valence-electron chi connectivity index (χ3n) is 4.12. The van der Waals surface area contributed by atoms with Gasteiger partial charge >= 0.3 is 0 Å². The van der Waals surface area contributed by atoms with Crippen LogP contribution in [0.1, 0.15) is 30.9 Å². The van der Waals surface area contributed by atoms with E-state index in [1.165, 1.54) is 5.56 Å². The normalized spacial score (nSPS) is 23.8. The Morgan fingerprint density at radius 3 is 2.60 bits per heavy atom. The molecule has 3 unspecified atom stereocenters. The second kappa shape index (κ2) is 6.86. The highest BCUT2D eigenvalue weighted by Gasteiger charge is 2.28. The topological polar surface area (TPSA) is 58.4 Å². The number of hydrogen-bond donors (Lipinski definition) is 2. The molecule has 110 valence electrons. The molecule has 0 saturated heterocycles. The molecule has 1 aromatic rings. The summed E-state index contributed by atoms with van der Waals surface area (Å²) < 4.78 is 0. The number of amides is 1. The van der Waals surface area contributed by atoms with Crippen molar-refractivity contribution in [1.29, 1.82) is 0 Å². The zero-order chi connectivity index (χ0) is 14.5. The summed E-state index contributed by atoms with van der Waals surface area (Å²) in [5.74, 6) is 0.254. The minimum Gasteiger partial charge on any atom is -0.354 e. The van der Waals surface area contributed by atoms with Crippen molar-refractivity contribution in [3.63, 3.8) is 0 Å². The quantitative estimate of drug-likeness (QED) is 0.857. The minimum absolute atomic E-state index is 0.101. The van der Waals surface area contributed by atoms with Crippen LogP contribution in [0, 0.1) is 5.92 Å². The molecule has 0 spiro atoms. The summed E-state index contributed by atoms with van der Waals surface area (Å²) in [7, 11) is 4.07. The number of nitrogens with one attached hydrogen (secondary N) is 1. The average molecular weight is 275 g/mol. The molecule has 1 aliphatic rings. The number of carbonyl (C=O) groups is 1. The molecule has 4 heteroatoms. The Morgan fingerprint density at radius 2 is 2.05 bits per heavy atom. The molecule has 0 aromatic heterocycles. The molecular formula is C16H25N3O. The van der Waals surface area contributed by atoms with Gasteiger partial charge in [-0.2, -0.15) is 0 Å². The maximum absolute atomic E-state index is 12.2. The van der Waals surface area contributed by atoms with Crippen LogP contribution in [0.5, 0.6) is 0 Å². The number of benzene rings is 1. The Morgan fingerprint density at radius 1 is 1.35 bits per heavy atom. The van der Waals surface area contributed by atoms with Crippen LogP contribution in [0.3, 0.4) is 0 Å². The Balaban J connectivity index is 1.91. The fourth-order valence-corrected chi connectivity index (χ4v) is 2.87. The van der Waals surface area contributed by atoms with Crippen molar-refractivity contribution in [2.45, 2.75) is 31.3 Å². The smallest absolute Gasteiger partial charge is 0.223 e. The van der Waals surface area contributed by atoms with E-state index >= 15 is 0 Å². The first-order chi connectivity index (χ1) is 9.58. The van der Waals surface area contributed by atoms with E-state index in [1.54, 1.807) is 0 Å². The molecule has 1 saturated carbocycles. The Kier molecular flexibility index (Phi) is 5.15. The molecule has 3 atom stereocenters. The standard InChI is InChI=1S/C16H25N3O/c1-19(2)15(12-6-4-3-5-7-12)11-18-16(20)13-8-9-14(17)10-13/h3-7,13-15H,8-11,17H2,1-2H3,(H,18,20). The van der Waals surface area contributed by atoms with E-state index < -0.39 is 0 Å². The van der Waals surface area contributed by atoms with E-state index in [9.17, 15) is 4.79 Å². The summed E-state index contributed by atoms with van der Waals surface area (Å²) in [5, 5.41) is 3.09. The molecule has 1 amide bonds. The molecule has 0 aliphatic heterocycles. The van der Waals surface area contributed by atoms with Gasteiger partial charge in [0.1, 0.15) is 0 Å². The summed E-state index contributed by atoms with van der Waals surface area (Å²) in [6.07, 6.45) is 2.71. The predicted octanol–water partition coefficient (Wildman–Crippen LogP) is 1.53. The first kappa shape index (κ1) is 15.0. The number of nitrogens with zero attached hydrogens (tertiary/aromatic N) is 1. The third-order valence-corrected chi connectivity index (χ3v) is 4.12. The Bertz CT molecular complexity index is 433. The first-order valence-electron chi connectivity index (χ1n) is 7.32. The average Bonchev–Trinajstić information content (AvgIpc) is 2.86. The fourth-order valence-electron chi connectivity index (χ4n) is 2.87. The molecule has 4 nitrogen and oxygen atoms in total. The zero-order valence-corrected chi connectivity index (χ0v) is 12.4.